The van der Waals surface area contributed by atoms with Crippen molar-refractivity contribution in [2.24, 2.45) is 0 Å². The van der Waals surface area contributed by atoms with Gasteiger partial charge in [-0.1, -0.05) is 18.2 Å². The molecule has 18 heavy (non-hydrogen) atoms. The van der Waals surface area contributed by atoms with Crippen LogP contribution in [0.15, 0.2) is 35.1 Å². The van der Waals surface area contributed by atoms with Gasteiger partial charge in [0.15, 0.2) is 0 Å². The van der Waals surface area contributed by atoms with Gasteiger partial charge in [-0.3, -0.25) is 4.79 Å². The van der Waals surface area contributed by atoms with Crippen LogP contribution in [-0.4, -0.2) is 11.6 Å². The SMILES string of the molecule is C/C=C/COc1ccc(C)c2[nH]c(=O)c(C)cc12. The summed E-state index contributed by atoms with van der Waals surface area (Å²) in [6, 6.07) is 5.78. The average Bonchev–Trinajstić information content (AvgIpc) is 2.35. The fourth-order valence-electron chi connectivity index (χ4n) is 1.87. The predicted molar refractivity (Wildman–Crippen MR) is 74.4 cm³/mol. The van der Waals surface area contributed by atoms with Gasteiger partial charge in [0.05, 0.1) is 5.52 Å². The van der Waals surface area contributed by atoms with E-state index in [1.807, 2.05) is 44.2 Å². The van der Waals surface area contributed by atoms with Crippen molar-refractivity contribution in [3.05, 3.63) is 51.8 Å². The minimum absolute atomic E-state index is 0.0452. The molecule has 2 aromatic rings. The van der Waals surface area contributed by atoms with Crippen LogP contribution in [0.2, 0.25) is 0 Å². The van der Waals surface area contributed by atoms with Crippen LogP contribution in [0.4, 0.5) is 0 Å². The van der Waals surface area contributed by atoms with E-state index >= 15 is 0 Å². The summed E-state index contributed by atoms with van der Waals surface area (Å²) in [6.07, 6.45) is 3.90. The van der Waals surface area contributed by atoms with Crippen molar-refractivity contribution in [1.29, 1.82) is 0 Å². The number of fused-ring (bicyclic) bond motifs is 1. The second-order valence-corrected chi connectivity index (χ2v) is 4.33. The van der Waals surface area contributed by atoms with Gasteiger partial charge in [-0.15, -0.1) is 0 Å². The standard InChI is InChI=1S/C15H17NO2/c1-4-5-8-18-13-7-6-10(2)14-12(13)9-11(3)15(17)16-14/h4-7,9H,8H2,1-3H3,(H,16,17)/b5-4+. The van der Waals surface area contributed by atoms with Crippen LogP contribution in [0, 0.1) is 13.8 Å². The number of nitrogens with one attached hydrogen (secondary N) is 1. The van der Waals surface area contributed by atoms with Gasteiger partial charge < -0.3 is 9.72 Å². The van der Waals surface area contributed by atoms with E-state index in [1.54, 1.807) is 6.92 Å². The number of benzene rings is 1. The molecule has 0 amide bonds. The van der Waals surface area contributed by atoms with E-state index in [2.05, 4.69) is 4.98 Å². The Kier molecular flexibility index (Phi) is 3.51. The first kappa shape index (κ1) is 12.4. The summed E-state index contributed by atoms with van der Waals surface area (Å²) in [5, 5.41) is 0.955. The Hall–Kier alpha value is -2.03. The molecule has 1 N–H and O–H groups in total. The number of allylic oxidation sites excluding steroid dienone is 1. The first-order chi connectivity index (χ1) is 8.63. The maximum Gasteiger partial charge on any atom is 0.251 e. The van der Waals surface area contributed by atoms with Gasteiger partial charge in [-0.25, -0.2) is 0 Å². The van der Waals surface area contributed by atoms with Crippen LogP contribution in [-0.2, 0) is 0 Å². The molecule has 0 spiro atoms. The Labute approximate surface area is 106 Å². The quantitative estimate of drug-likeness (QED) is 0.842. The lowest BCUT2D eigenvalue weighted by molar-refractivity contribution is 0.367. The van der Waals surface area contributed by atoms with Crippen molar-refractivity contribution >= 4 is 10.9 Å². The Morgan fingerprint density at radius 3 is 2.78 bits per heavy atom. The molecule has 0 aliphatic heterocycles. The number of rotatable bonds is 3. The second kappa shape index (κ2) is 5.08. The van der Waals surface area contributed by atoms with Crippen molar-refractivity contribution in [3.8, 4) is 5.75 Å². The van der Waals surface area contributed by atoms with Crippen molar-refractivity contribution < 1.29 is 4.74 Å². The third kappa shape index (κ3) is 2.30. The highest BCUT2D eigenvalue weighted by atomic mass is 16.5. The van der Waals surface area contributed by atoms with Gasteiger partial charge >= 0.3 is 0 Å². The van der Waals surface area contributed by atoms with Crippen LogP contribution in [0.3, 0.4) is 0 Å². The molecule has 1 aromatic carbocycles. The summed E-state index contributed by atoms with van der Waals surface area (Å²) < 4.78 is 5.70. The van der Waals surface area contributed by atoms with Crippen molar-refractivity contribution in [1.82, 2.24) is 4.98 Å². The van der Waals surface area contributed by atoms with Gasteiger partial charge in [-0.2, -0.15) is 0 Å². The van der Waals surface area contributed by atoms with Crippen molar-refractivity contribution in [2.75, 3.05) is 6.61 Å². The van der Waals surface area contributed by atoms with Crippen molar-refractivity contribution in [2.45, 2.75) is 20.8 Å². The molecule has 2 rings (SSSR count). The molecule has 3 nitrogen and oxygen atoms in total. The van der Waals surface area contributed by atoms with Crippen LogP contribution < -0.4 is 10.3 Å². The monoisotopic (exact) mass is 243 g/mol. The zero-order valence-corrected chi connectivity index (χ0v) is 10.9. The highest BCUT2D eigenvalue weighted by molar-refractivity contribution is 5.88. The summed E-state index contributed by atoms with van der Waals surface area (Å²) >= 11 is 0. The number of hydrogen-bond acceptors (Lipinski definition) is 2. The number of aromatic amines is 1. The first-order valence-electron chi connectivity index (χ1n) is 6.00. The molecule has 0 atom stereocenters. The van der Waals surface area contributed by atoms with Crippen molar-refractivity contribution in [3.63, 3.8) is 0 Å². The van der Waals surface area contributed by atoms with E-state index < -0.39 is 0 Å². The topological polar surface area (TPSA) is 42.1 Å². The van der Waals surface area contributed by atoms with E-state index in [4.69, 9.17) is 4.74 Å². The van der Waals surface area contributed by atoms with Gasteiger partial charge in [0.2, 0.25) is 0 Å². The first-order valence-corrected chi connectivity index (χ1v) is 6.00. The molecule has 0 saturated heterocycles. The molecule has 1 heterocycles. The summed E-state index contributed by atoms with van der Waals surface area (Å²) in [5.41, 5.74) is 2.55. The van der Waals surface area contributed by atoms with E-state index in [-0.39, 0.29) is 5.56 Å². The second-order valence-electron chi connectivity index (χ2n) is 4.33. The maximum absolute atomic E-state index is 11.6. The molecule has 1 aromatic heterocycles. The Morgan fingerprint density at radius 2 is 2.06 bits per heavy atom. The zero-order chi connectivity index (χ0) is 13.1. The van der Waals surface area contributed by atoms with Gasteiger partial charge in [0.25, 0.3) is 5.56 Å². The van der Waals surface area contributed by atoms with E-state index in [0.29, 0.717) is 12.2 Å². The molecule has 94 valence electrons. The fourth-order valence-corrected chi connectivity index (χ4v) is 1.87. The minimum Gasteiger partial charge on any atom is -0.489 e. The summed E-state index contributed by atoms with van der Waals surface area (Å²) in [5.74, 6) is 0.799. The largest absolute Gasteiger partial charge is 0.489 e. The van der Waals surface area contributed by atoms with Crippen LogP contribution >= 0.6 is 0 Å². The molecule has 0 radical (unpaired) electrons. The number of ether oxygens (including phenoxy) is 1. The summed E-state index contributed by atoms with van der Waals surface area (Å²) in [4.78, 5) is 14.6. The maximum atomic E-state index is 11.6. The number of aromatic nitrogens is 1. The number of H-pyrrole nitrogens is 1. The summed E-state index contributed by atoms with van der Waals surface area (Å²) in [7, 11) is 0. The van der Waals surface area contributed by atoms with Gasteiger partial charge in [0, 0.05) is 10.9 Å². The van der Waals surface area contributed by atoms with Crippen LogP contribution in [0.5, 0.6) is 5.75 Å². The molecule has 0 fully saturated rings. The van der Waals surface area contributed by atoms with Gasteiger partial charge in [0.1, 0.15) is 12.4 Å². The van der Waals surface area contributed by atoms with Gasteiger partial charge in [-0.05, 0) is 38.5 Å². The van der Waals surface area contributed by atoms with E-state index in [9.17, 15) is 4.79 Å². The third-order valence-electron chi connectivity index (χ3n) is 2.94. The molecular weight excluding hydrogens is 226 g/mol. The molecule has 0 aliphatic carbocycles. The highest BCUT2D eigenvalue weighted by Gasteiger charge is 2.07. The lowest BCUT2D eigenvalue weighted by atomic mass is 10.1. The fraction of sp³-hybridized carbons (Fsp3) is 0.267. The average molecular weight is 243 g/mol. The van der Waals surface area contributed by atoms with Crippen LogP contribution in [0.25, 0.3) is 10.9 Å². The Balaban J connectivity index is 2.57. The molecule has 0 unspecified atom stereocenters. The normalized spacial score (nSPS) is 11.3. The molecule has 3 heteroatoms. The lowest BCUT2D eigenvalue weighted by Crippen LogP contribution is -2.09. The lowest BCUT2D eigenvalue weighted by Gasteiger charge is -2.10. The smallest absolute Gasteiger partial charge is 0.251 e. The van der Waals surface area contributed by atoms with E-state index in [1.165, 1.54) is 0 Å². The molecule has 0 aliphatic rings. The molecule has 0 saturated carbocycles. The summed E-state index contributed by atoms with van der Waals surface area (Å²) in [6.45, 7) is 6.27. The highest BCUT2D eigenvalue weighted by Crippen LogP contribution is 2.26. The minimum atomic E-state index is -0.0452. The third-order valence-corrected chi connectivity index (χ3v) is 2.94. The molecule has 0 bridgehead atoms. The van der Waals surface area contributed by atoms with E-state index in [0.717, 1.165) is 22.2 Å². The zero-order valence-electron chi connectivity index (χ0n) is 10.9. The number of hydrogen-bond donors (Lipinski definition) is 1. The number of aryl methyl sites for hydroxylation is 2. The Morgan fingerprint density at radius 1 is 1.28 bits per heavy atom. The number of pyridine rings is 1. The Bertz CT molecular complexity index is 653. The molecular formula is C15H17NO2. The predicted octanol–water partition coefficient (Wildman–Crippen LogP) is 3.10. The van der Waals surface area contributed by atoms with Crippen LogP contribution in [0.1, 0.15) is 18.1 Å².